The largest absolute Gasteiger partial charge is 0.326 e. The van der Waals surface area contributed by atoms with Crippen LogP contribution in [0.25, 0.3) is 20.4 Å². The molecule has 0 aliphatic carbocycles. The van der Waals surface area contributed by atoms with Crippen molar-refractivity contribution in [1.29, 1.82) is 0 Å². The highest BCUT2D eigenvalue weighted by Crippen LogP contribution is 2.23. The number of amides is 1. The lowest BCUT2D eigenvalue weighted by atomic mass is 10.1. The summed E-state index contributed by atoms with van der Waals surface area (Å²) in [4.78, 5) is 25.3. The van der Waals surface area contributed by atoms with Crippen LogP contribution in [0.1, 0.15) is 5.56 Å². The molecular formula is C18H13N5OS2. The van der Waals surface area contributed by atoms with Crippen LogP contribution >= 0.6 is 22.7 Å². The molecule has 2 N–H and O–H groups in total. The molecule has 1 unspecified atom stereocenters. The highest BCUT2D eigenvalue weighted by atomic mass is 32.1. The fraction of sp³-hybridized carbons (Fsp3) is 0.111. The number of nitrogens with one attached hydrogen (secondary N) is 2. The van der Waals surface area contributed by atoms with Gasteiger partial charge < -0.3 is 5.32 Å². The van der Waals surface area contributed by atoms with Crippen molar-refractivity contribution < 1.29 is 4.79 Å². The summed E-state index contributed by atoms with van der Waals surface area (Å²) in [6.07, 6.45) is 0.568. The topological polar surface area (TPSA) is 79.3 Å². The van der Waals surface area contributed by atoms with Gasteiger partial charge in [0, 0.05) is 12.1 Å². The second-order valence-electron chi connectivity index (χ2n) is 6.00. The van der Waals surface area contributed by atoms with Gasteiger partial charge in [-0.1, -0.05) is 6.07 Å². The number of rotatable bonds is 3. The second kappa shape index (κ2) is 6.15. The summed E-state index contributed by atoms with van der Waals surface area (Å²) in [5.41, 5.74) is 7.56. The van der Waals surface area contributed by atoms with E-state index in [1.54, 1.807) is 22.7 Å². The van der Waals surface area contributed by atoms with Gasteiger partial charge >= 0.3 is 0 Å². The van der Waals surface area contributed by atoms with E-state index >= 15 is 0 Å². The molecule has 0 fully saturated rings. The second-order valence-corrected chi connectivity index (χ2v) is 7.77. The van der Waals surface area contributed by atoms with Crippen LogP contribution in [-0.2, 0) is 11.2 Å². The first-order valence-electron chi connectivity index (χ1n) is 8.06. The van der Waals surface area contributed by atoms with Gasteiger partial charge in [0.15, 0.2) is 0 Å². The Balaban J connectivity index is 1.34. The molecule has 2 aromatic carbocycles. The van der Waals surface area contributed by atoms with Crippen molar-refractivity contribution in [3.8, 4) is 0 Å². The Morgan fingerprint density at radius 3 is 2.54 bits per heavy atom. The van der Waals surface area contributed by atoms with Crippen molar-refractivity contribution >= 4 is 60.7 Å². The molecule has 1 atom stereocenters. The molecule has 3 heterocycles. The summed E-state index contributed by atoms with van der Waals surface area (Å²) in [7, 11) is 0. The van der Waals surface area contributed by atoms with E-state index in [0.29, 0.717) is 12.4 Å². The molecule has 26 heavy (non-hydrogen) atoms. The number of guanidine groups is 1. The number of hydrogen-bond acceptors (Lipinski definition) is 7. The van der Waals surface area contributed by atoms with Crippen LogP contribution < -0.4 is 10.6 Å². The van der Waals surface area contributed by atoms with E-state index in [1.807, 2.05) is 41.4 Å². The lowest BCUT2D eigenvalue weighted by Gasteiger charge is -2.04. The molecule has 1 aliphatic heterocycles. The maximum atomic E-state index is 12.3. The molecule has 8 heteroatoms. The third-order valence-corrected chi connectivity index (χ3v) is 5.83. The molecule has 6 nitrogen and oxygen atoms in total. The lowest BCUT2D eigenvalue weighted by Crippen LogP contribution is -2.33. The Morgan fingerprint density at radius 1 is 1.00 bits per heavy atom. The minimum absolute atomic E-state index is 0.0873. The smallest absolute Gasteiger partial charge is 0.251 e. The van der Waals surface area contributed by atoms with Crippen LogP contribution in [0.15, 0.2) is 52.4 Å². The van der Waals surface area contributed by atoms with E-state index in [2.05, 4.69) is 31.7 Å². The standard InChI is InChI=1S/C18H13N5OS2/c24-17-14(5-10-1-3-12-15(6-10)25-8-19-12)22-18(23-17)21-11-2-4-13-16(7-11)26-9-20-13/h1-4,6-9,14H,5H2,(H2,21,22,23,24). The van der Waals surface area contributed by atoms with Gasteiger partial charge in [-0.2, -0.15) is 0 Å². The summed E-state index contributed by atoms with van der Waals surface area (Å²) >= 11 is 3.18. The fourth-order valence-electron chi connectivity index (χ4n) is 2.97. The highest BCUT2D eigenvalue weighted by Gasteiger charge is 2.26. The molecule has 5 rings (SSSR count). The van der Waals surface area contributed by atoms with E-state index in [1.165, 1.54) is 0 Å². The minimum Gasteiger partial charge on any atom is -0.326 e. The molecule has 128 valence electrons. The molecule has 1 aliphatic rings. The average Bonchev–Trinajstić information content (AvgIpc) is 3.35. The van der Waals surface area contributed by atoms with Crippen molar-refractivity contribution in [2.24, 2.45) is 4.99 Å². The summed E-state index contributed by atoms with van der Waals surface area (Å²) in [5, 5.41) is 6.01. The number of aliphatic imine (C=N–C) groups is 1. The van der Waals surface area contributed by atoms with Gasteiger partial charge in [0.25, 0.3) is 5.91 Å². The van der Waals surface area contributed by atoms with Crippen molar-refractivity contribution in [1.82, 2.24) is 15.3 Å². The van der Waals surface area contributed by atoms with Crippen LogP contribution in [0.5, 0.6) is 0 Å². The predicted octanol–water partition coefficient (Wildman–Crippen LogP) is 3.42. The van der Waals surface area contributed by atoms with Crippen molar-refractivity contribution in [3.05, 3.63) is 53.0 Å². The predicted molar refractivity (Wildman–Crippen MR) is 106 cm³/mol. The van der Waals surface area contributed by atoms with Crippen LogP contribution in [-0.4, -0.2) is 27.9 Å². The Bertz CT molecular complexity index is 1160. The van der Waals surface area contributed by atoms with Crippen LogP contribution in [0.3, 0.4) is 0 Å². The first kappa shape index (κ1) is 15.4. The van der Waals surface area contributed by atoms with E-state index < -0.39 is 6.04 Å². The maximum absolute atomic E-state index is 12.3. The average molecular weight is 379 g/mol. The maximum Gasteiger partial charge on any atom is 0.251 e. The number of thiazole rings is 2. The number of carbonyl (C=O) groups is 1. The van der Waals surface area contributed by atoms with Gasteiger partial charge in [-0.15, -0.1) is 22.7 Å². The monoisotopic (exact) mass is 379 g/mol. The van der Waals surface area contributed by atoms with Crippen molar-refractivity contribution in [2.75, 3.05) is 5.32 Å². The van der Waals surface area contributed by atoms with Gasteiger partial charge in [-0.3, -0.25) is 10.1 Å². The Morgan fingerprint density at radius 2 is 1.73 bits per heavy atom. The van der Waals surface area contributed by atoms with Gasteiger partial charge in [0.1, 0.15) is 6.04 Å². The molecule has 2 aromatic heterocycles. The Labute approximate surface area is 156 Å². The van der Waals surface area contributed by atoms with E-state index in [-0.39, 0.29) is 5.91 Å². The van der Waals surface area contributed by atoms with Gasteiger partial charge in [0.2, 0.25) is 5.96 Å². The zero-order chi connectivity index (χ0) is 17.5. The molecular weight excluding hydrogens is 366 g/mol. The van der Waals surface area contributed by atoms with Crippen molar-refractivity contribution in [2.45, 2.75) is 12.5 Å². The number of hydrogen-bond donors (Lipinski definition) is 2. The minimum atomic E-state index is -0.421. The number of fused-ring (bicyclic) bond motifs is 2. The van der Waals surface area contributed by atoms with E-state index in [4.69, 9.17) is 0 Å². The molecule has 0 spiro atoms. The van der Waals surface area contributed by atoms with E-state index in [0.717, 1.165) is 31.7 Å². The molecule has 0 saturated heterocycles. The van der Waals surface area contributed by atoms with Gasteiger partial charge in [0.05, 0.1) is 31.5 Å². The molecule has 0 saturated carbocycles. The van der Waals surface area contributed by atoms with Crippen LogP contribution in [0.4, 0.5) is 5.69 Å². The Hall–Kier alpha value is -2.84. The summed E-state index contributed by atoms with van der Waals surface area (Å²) in [5.74, 6) is 0.401. The van der Waals surface area contributed by atoms with Crippen LogP contribution in [0.2, 0.25) is 0 Å². The van der Waals surface area contributed by atoms with Gasteiger partial charge in [-0.05, 0) is 35.9 Å². The fourth-order valence-corrected chi connectivity index (χ4v) is 4.42. The third-order valence-electron chi connectivity index (χ3n) is 4.25. The first-order valence-corrected chi connectivity index (χ1v) is 9.82. The summed E-state index contributed by atoms with van der Waals surface area (Å²) < 4.78 is 2.22. The number of carbonyl (C=O) groups excluding carboxylic acids is 1. The van der Waals surface area contributed by atoms with Crippen LogP contribution in [0, 0.1) is 0 Å². The SMILES string of the molecule is O=C1NC(Nc2ccc3ncsc3c2)=NC1Cc1ccc2ncsc2c1. The summed E-state index contributed by atoms with van der Waals surface area (Å²) in [6, 6.07) is 11.5. The normalized spacial score (nSPS) is 16.8. The third kappa shape index (κ3) is 2.83. The zero-order valence-corrected chi connectivity index (χ0v) is 15.1. The number of benzene rings is 2. The highest BCUT2D eigenvalue weighted by molar-refractivity contribution is 7.17. The Kier molecular flexibility index (Phi) is 3.65. The molecule has 4 aromatic rings. The van der Waals surface area contributed by atoms with Gasteiger partial charge in [-0.25, -0.2) is 15.0 Å². The zero-order valence-electron chi connectivity index (χ0n) is 13.5. The number of aromatic nitrogens is 2. The van der Waals surface area contributed by atoms with Crippen molar-refractivity contribution in [3.63, 3.8) is 0 Å². The molecule has 0 radical (unpaired) electrons. The first-order chi connectivity index (χ1) is 12.7. The molecule has 1 amide bonds. The molecule has 0 bridgehead atoms. The number of nitrogens with zero attached hydrogens (tertiary/aromatic N) is 3. The lowest BCUT2D eigenvalue weighted by molar-refractivity contribution is -0.120. The summed E-state index contributed by atoms with van der Waals surface area (Å²) in [6.45, 7) is 0. The van der Waals surface area contributed by atoms with E-state index in [9.17, 15) is 4.79 Å². The number of anilines is 1. The quantitative estimate of drug-likeness (QED) is 0.572.